The highest BCUT2D eigenvalue weighted by molar-refractivity contribution is 6.30. The van der Waals surface area contributed by atoms with Crippen molar-refractivity contribution in [3.63, 3.8) is 0 Å². The fraction of sp³-hybridized carbons (Fsp3) is 0.200. The summed E-state index contributed by atoms with van der Waals surface area (Å²) in [5.74, 6) is 0.254. The van der Waals surface area contributed by atoms with Crippen LogP contribution in [0.15, 0.2) is 57.7 Å². The topological polar surface area (TPSA) is 68.5 Å². The molecule has 0 aliphatic carbocycles. The molecular weight excluding hydrogens is 354 g/mol. The highest BCUT2D eigenvalue weighted by atomic mass is 35.5. The van der Waals surface area contributed by atoms with Crippen LogP contribution in [0.2, 0.25) is 5.02 Å². The Kier molecular flexibility index (Phi) is 5.58. The van der Waals surface area contributed by atoms with E-state index < -0.39 is 5.63 Å². The summed E-state index contributed by atoms with van der Waals surface area (Å²) in [6.07, 6.45) is 0.712. The molecule has 0 unspecified atom stereocenters. The minimum Gasteiger partial charge on any atom is -0.484 e. The Hall–Kier alpha value is -2.79. The van der Waals surface area contributed by atoms with E-state index in [1.54, 1.807) is 18.2 Å². The average molecular weight is 372 g/mol. The summed E-state index contributed by atoms with van der Waals surface area (Å²) in [5.41, 5.74) is 1.96. The van der Waals surface area contributed by atoms with Gasteiger partial charge in [-0.15, -0.1) is 0 Å². The van der Waals surface area contributed by atoms with Crippen LogP contribution in [0, 0.1) is 6.92 Å². The molecule has 3 aromatic rings. The molecule has 1 heterocycles. The molecule has 3 rings (SSSR count). The maximum absolute atomic E-state index is 11.9. The molecule has 134 valence electrons. The quantitative estimate of drug-likeness (QED) is 0.673. The number of fused-ring (bicyclic) bond motifs is 1. The van der Waals surface area contributed by atoms with Gasteiger partial charge in [-0.1, -0.05) is 23.7 Å². The third kappa shape index (κ3) is 4.64. The number of amides is 1. The maximum atomic E-state index is 11.9. The lowest BCUT2D eigenvalue weighted by Crippen LogP contribution is -2.30. The molecule has 1 aromatic heterocycles. The molecule has 0 saturated carbocycles. The molecule has 0 saturated heterocycles. The van der Waals surface area contributed by atoms with Crippen molar-refractivity contribution in [2.75, 3.05) is 13.2 Å². The van der Waals surface area contributed by atoms with E-state index in [0.717, 1.165) is 16.5 Å². The van der Waals surface area contributed by atoms with Gasteiger partial charge in [0.25, 0.3) is 5.91 Å². The van der Waals surface area contributed by atoms with E-state index in [2.05, 4.69) is 5.32 Å². The zero-order valence-corrected chi connectivity index (χ0v) is 15.0. The molecule has 0 aliphatic heterocycles. The third-order valence-corrected chi connectivity index (χ3v) is 4.19. The molecule has 2 aromatic carbocycles. The van der Waals surface area contributed by atoms with Crippen LogP contribution in [0.4, 0.5) is 0 Å². The van der Waals surface area contributed by atoms with Gasteiger partial charge < -0.3 is 14.5 Å². The molecule has 0 radical (unpaired) electrons. The number of nitrogens with one attached hydrogen (secondary N) is 1. The fourth-order valence-corrected chi connectivity index (χ4v) is 2.72. The Morgan fingerprint density at radius 3 is 2.69 bits per heavy atom. The summed E-state index contributed by atoms with van der Waals surface area (Å²) in [7, 11) is 0. The van der Waals surface area contributed by atoms with E-state index in [1.165, 1.54) is 6.07 Å². The Balaban J connectivity index is 1.51. The smallest absolute Gasteiger partial charge is 0.336 e. The SMILES string of the molecule is Cc1cc(=O)oc2cc(OCC(=O)NCCc3ccc(Cl)cc3)ccc12. The largest absolute Gasteiger partial charge is 0.484 e. The molecular formula is C20H18ClNO4. The summed E-state index contributed by atoms with van der Waals surface area (Å²) < 4.78 is 10.6. The lowest BCUT2D eigenvalue weighted by atomic mass is 10.1. The first-order valence-corrected chi connectivity index (χ1v) is 8.57. The normalized spacial score (nSPS) is 10.7. The average Bonchev–Trinajstić information content (AvgIpc) is 2.61. The van der Waals surface area contributed by atoms with Gasteiger partial charge in [0.15, 0.2) is 6.61 Å². The van der Waals surface area contributed by atoms with Crippen LogP contribution < -0.4 is 15.7 Å². The second-order valence-corrected chi connectivity index (χ2v) is 6.36. The molecule has 0 fully saturated rings. The zero-order valence-electron chi connectivity index (χ0n) is 14.3. The number of carbonyl (C=O) groups is 1. The summed E-state index contributed by atoms with van der Waals surface area (Å²) in [6, 6.07) is 14.1. The minimum atomic E-state index is -0.410. The standard InChI is InChI=1S/C20H18ClNO4/c1-13-10-20(24)26-18-11-16(6-7-17(13)18)25-12-19(23)22-9-8-14-2-4-15(21)5-3-14/h2-7,10-11H,8-9,12H2,1H3,(H,22,23). The molecule has 26 heavy (non-hydrogen) atoms. The van der Waals surface area contributed by atoms with Gasteiger partial charge in [-0.25, -0.2) is 4.79 Å². The molecule has 0 spiro atoms. The molecule has 1 N–H and O–H groups in total. The Labute approximate surface area is 155 Å². The van der Waals surface area contributed by atoms with Crippen molar-refractivity contribution in [2.24, 2.45) is 0 Å². The number of ether oxygens (including phenoxy) is 1. The highest BCUT2D eigenvalue weighted by Gasteiger charge is 2.06. The van der Waals surface area contributed by atoms with Gasteiger partial charge in [0.1, 0.15) is 11.3 Å². The number of carbonyl (C=O) groups excluding carboxylic acids is 1. The van der Waals surface area contributed by atoms with E-state index >= 15 is 0 Å². The number of halogens is 1. The highest BCUT2D eigenvalue weighted by Crippen LogP contribution is 2.22. The van der Waals surface area contributed by atoms with E-state index in [-0.39, 0.29) is 12.5 Å². The van der Waals surface area contributed by atoms with Crippen LogP contribution >= 0.6 is 11.6 Å². The van der Waals surface area contributed by atoms with Gasteiger partial charge in [0, 0.05) is 29.1 Å². The van der Waals surface area contributed by atoms with Gasteiger partial charge in [-0.05, 0) is 48.7 Å². The third-order valence-electron chi connectivity index (χ3n) is 3.94. The predicted octanol–water partition coefficient (Wildman–Crippen LogP) is 3.49. The number of aryl methyl sites for hydroxylation is 1. The Morgan fingerprint density at radius 1 is 1.15 bits per heavy atom. The molecule has 6 heteroatoms. The maximum Gasteiger partial charge on any atom is 0.336 e. The van der Waals surface area contributed by atoms with Gasteiger partial charge in [0.05, 0.1) is 0 Å². The first-order valence-electron chi connectivity index (χ1n) is 8.20. The molecule has 0 atom stereocenters. The van der Waals surface area contributed by atoms with Crippen LogP contribution in [-0.2, 0) is 11.2 Å². The van der Waals surface area contributed by atoms with Crippen molar-refractivity contribution in [2.45, 2.75) is 13.3 Å². The number of hydrogen-bond donors (Lipinski definition) is 1. The van der Waals surface area contributed by atoms with Crippen LogP contribution in [-0.4, -0.2) is 19.1 Å². The molecule has 5 nitrogen and oxygen atoms in total. The van der Waals surface area contributed by atoms with Crippen molar-refractivity contribution in [3.05, 3.63) is 75.1 Å². The van der Waals surface area contributed by atoms with Crippen LogP contribution in [0.25, 0.3) is 11.0 Å². The van der Waals surface area contributed by atoms with Crippen LogP contribution in [0.5, 0.6) is 5.75 Å². The first-order chi connectivity index (χ1) is 12.5. The lowest BCUT2D eigenvalue weighted by Gasteiger charge is -2.08. The summed E-state index contributed by atoms with van der Waals surface area (Å²) in [4.78, 5) is 23.4. The number of hydrogen-bond acceptors (Lipinski definition) is 4. The molecule has 0 bridgehead atoms. The number of rotatable bonds is 6. The Bertz CT molecular complexity index is 979. The fourth-order valence-electron chi connectivity index (χ4n) is 2.59. The van der Waals surface area contributed by atoms with E-state index in [0.29, 0.717) is 29.3 Å². The zero-order chi connectivity index (χ0) is 18.5. The Morgan fingerprint density at radius 2 is 1.92 bits per heavy atom. The van der Waals surface area contributed by atoms with Crippen molar-refractivity contribution in [1.29, 1.82) is 0 Å². The van der Waals surface area contributed by atoms with Crippen molar-refractivity contribution < 1.29 is 13.9 Å². The molecule has 0 aliphatic rings. The van der Waals surface area contributed by atoms with Gasteiger partial charge in [-0.3, -0.25) is 4.79 Å². The lowest BCUT2D eigenvalue weighted by molar-refractivity contribution is -0.123. The van der Waals surface area contributed by atoms with Gasteiger partial charge >= 0.3 is 5.63 Å². The summed E-state index contributed by atoms with van der Waals surface area (Å²) in [5, 5.41) is 4.33. The van der Waals surface area contributed by atoms with Crippen LogP contribution in [0.3, 0.4) is 0 Å². The summed E-state index contributed by atoms with van der Waals surface area (Å²) in [6.45, 7) is 2.24. The van der Waals surface area contributed by atoms with Crippen molar-refractivity contribution in [3.8, 4) is 5.75 Å². The first kappa shape index (κ1) is 18.0. The van der Waals surface area contributed by atoms with Crippen molar-refractivity contribution in [1.82, 2.24) is 5.32 Å². The monoisotopic (exact) mass is 371 g/mol. The second kappa shape index (κ2) is 8.06. The van der Waals surface area contributed by atoms with Gasteiger partial charge in [0.2, 0.25) is 0 Å². The number of benzene rings is 2. The predicted molar refractivity (Wildman–Crippen MR) is 101 cm³/mol. The van der Waals surface area contributed by atoms with E-state index in [9.17, 15) is 9.59 Å². The van der Waals surface area contributed by atoms with E-state index in [4.69, 9.17) is 20.8 Å². The van der Waals surface area contributed by atoms with Crippen molar-refractivity contribution >= 4 is 28.5 Å². The van der Waals surface area contributed by atoms with Crippen LogP contribution in [0.1, 0.15) is 11.1 Å². The van der Waals surface area contributed by atoms with Gasteiger partial charge in [-0.2, -0.15) is 0 Å². The minimum absolute atomic E-state index is 0.109. The van der Waals surface area contributed by atoms with E-state index in [1.807, 2.05) is 31.2 Å². The second-order valence-electron chi connectivity index (χ2n) is 5.92. The molecule has 1 amide bonds. The summed E-state index contributed by atoms with van der Waals surface area (Å²) >= 11 is 5.84.